The highest BCUT2D eigenvalue weighted by Gasteiger charge is 2.36. The van der Waals surface area contributed by atoms with E-state index in [1.54, 1.807) is 0 Å². The van der Waals surface area contributed by atoms with Crippen LogP contribution in [0.25, 0.3) is 0 Å². The standard InChI is InChI=1S/C15H27N3O2/c1-11-5-6-12(14(16)20)10-18(11)13(19)9-15(17)7-3-2-4-8-15/h11-12H,2-10,17H2,1H3,(H2,16,20). The van der Waals surface area contributed by atoms with Gasteiger partial charge in [0.05, 0.1) is 5.92 Å². The minimum absolute atomic E-state index is 0.0906. The Morgan fingerprint density at radius 3 is 2.45 bits per heavy atom. The van der Waals surface area contributed by atoms with Gasteiger partial charge in [0, 0.05) is 24.5 Å². The molecule has 2 fully saturated rings. The first-order valence-electron chi connectivity index (χ1n) is 7.79. The van der Waals surface area contributed by atoms with Crippen LogP contribution in [-0.4, -0.2) is 34.8 Å². The van der Waals surface area contributed by atoms with Gasteiger partial charge in [-0.3, -0.25) is 9.59 Å². The molecule has 0 radical (unpaired) electrons. The molecule has 0 aromatic rings. The van der Waals surface area contributed by atoms with Crippen molar-refractivity contribution in [2.75, 3.05) is 6.54 Å². The molecule has 20 heavy (non-hydrogen) atoms. The zero-order chi connectivity index (χ0) is 14.8. The highest BCUT2D eigenvalue weighted by atomic mass is 16.2. The molecule has 0 spiro atoms. The number of carbonyl (C=O) groups excluding carboxylic acids is 2. The van der Waals surface area contributed by atoms with Crippen molar-refractivity contribution in [1.29, 1.82) is 0 Å². The second-order valence-corrected chi connectivity index (χ2v) is 6.67. The Hall–Kier alpha value is -1.10. The number of hydrogen-bond donors (Lipinski definition) is 2. The summed E-state index contributed by atoms with van der Waals surface area (Å²) in [5, 5.41) is 0. The number of nitrogens with zero attached hydrogens (tertiary/aromatic N) is 1. The quantitative estimate of drug-likeness (QED) is 0.813. The van der Waals surface area contributed by atoms with Crippen LogP contribution in [0.1, 0.15) is 58.3 Å². The Bertz CT molecular complexity index is 377. The molecule has 2 atom stereocenters. The van der Waals surface area contributed by atoms with E-state index in [1.165, 1.54) is 6.42 Å². The van der Waals surface area contributed by atoms with Crippen molar-refractivity contribution >= 4 is 11.8 Å². The molecule has 1 saturated heterocycles. The van der Waals surface area contributed by atoms with E-state index >= 15 is 0 Å². The Morgan fingerprint density at radius 2 is 1.85 bits per heavy atom. The zero-order valence-electron chi connectivity index (χ0n) is 12.4. The fourth-order valence-electron chi connectivity index (χ4n) is 3.52. The van der Waals surface area contributed by atoms with Gasteiger partial charge in [-0.05, 0) is 32.6 Å². The number of nitrogens with two attached hydrogens (primary N) is 2. The fraction of sp³-hybridized carbons (Fsp3) is 0.867. The zero-order valence-corrected chi connectivity index (χ0v) is 12.4. The van der Waals surface area contributed by atoms with E-state index in [9.17, 15) is 9.59 Å². The number of piperidine rings is 1. The Morgan fingerprint density at radius 1 is 1.20 bits per heavy atom. The van der Waals surface area contributed by atoms with Gasteiger partial charge in [0.1, 0.15) is 0 Å². The maximum atomic E-state index is 12.5. The van der Waals surface area contributed by atoms with Crippen LogP contribution in [0.2, 0.25) is 0 Å². The Labute approximate surface area is 121 Å². The van der Waals surface area contributed by atoms with Crippen LogP contribution in [0.3, 0.4) is 0 Å². The summed E-state index contributed by atoms with van der Waals surface area (Å²) >= 11 is 0. The summed E-state index contributed by atoms with van der Waals surface area (Å²) < 4.78 is 0. The summed E-state index contributed by atoms with van der Waals surface area (Å²) in [7, 11) is 0. The lowest BCUT2D eigenvalue weighted by Gasteiger charge is -2.40. The van der Waals surface area contributed by atoms with Crippen LogP contribution < -0.4 is 11.5 Å². The lowest BCUT2D eigenvalue weighted by molar-refractivity contribution is -0.139. The van der Waals surface area contributed by atoms with E-state index in [-0.39, 0.29) is 29.3 Å². The average Bonchev–Trinajstić information content (AvgIpc) is 2.39. The molecule has 5 nitrogen and oxygen atoms in total. The maximum absolute atomic E-state index is 12.5. The van der Waals surface area contributed by atoms with Crippen LogP contribution in [0.15, 0.2) is 0 Å². The number of likely N-dealkylation sites (tertiary alicyclic amines) is 1. The van der Waals surface area contributed by atoms with Crippen molar-refractivity contribution in [2.45, 2.75) is 69.9 Å². The first-order chi connectivity index (χ1) is 9.41. The maximum Gasteiger partial charge on any atom is 0.224 e. The molecule has 114 valence electrons. The summed E-state index contributed by atoms with van der Waals surface area (Å²) in [6.07, 6.45) is 7.34. The molecule has 2 aliphatic rings. The van der Waals surface area contributed by atoms with Crippen molar-refractivity contribution in [3.63, 3.8) is 0 Å². The highest BCUT2D eigenvalue weighted by molar-refractivity contribution is 5.81. The summed E-state index contributed by atoms with van der Waals surface area (Å²) in [6, 6.07) is 0.185. The van der Waals surface area contributed by atoms with E-state index in [1.807, 2.05) is 11.8 Å². The molecule has 0 aromatic carbocycles. The molecule has 5 heteroatoms. The molecular weight excluding hydrogens is 254 g/mol. The molecule has 0 aromatic heterocycles. The van der Waals surface area contributed by atoms with Crippen LogP contribution in [0.4, 0.5) is 0 Å². The molecule has 2 unspecified atom stereocenters. The van der Waals surface area contributed by atoms with Gasteiger partial charge in [-0.15, -0.1) is 0 Å². The summed E-state index contributed by atoms with van der Waals surface area (Å²) in [4.78, 5) is 25.7. The van der Waals surface area contributed by atoms with E-state index in [2.05, 4.69) is 0 Å². The second kappa shape index (κ2) is 6.12. The molecule has 0 bridgehead atoms. The largest absolute Gasteiger partial charge is 0.369 e. The van der Waals surface area contributed by atoms with E-state index in [0.717, 1.165) is 38.5 Å². The van der Waals surface area contributed by atoms with Crippen LogP contribution in [0, 0.1) is 5.92 Å². The third kappa shape index (κ3) is 3.51. The predicted octanol–water partition coefficient (Wildman–Crippen LogP) is 1.15. The van der Waals surface area contributed by atoms with Crippen LogP contribution >= 0.6 is 0 Å². The lowest BCUT2D eigenvalue weighted by Crippen LogP contribution is -2.52. The van der Waals surface area contributed by atoms with Crippen molar-refractivity contribution in [3.05, 3.63) is 0 Å². The summed E-state index contributed by atoms with van der Waals surface area (Å²) in [5.41, 5.74) is 11.4. The second-order valence-electron chi connectivity index (χ2n) is 6.67. The fourth-order valence-corrected chi connectivity index (χ4v) is 3.52. The molecule has 2 amide bonds. The van der Waals surface area contributed by atoms with Gasteiger partial charge in [0.25, 0.3) is 0 Å². The summed E-state index contributed by atoms with van der Waals surface area (Å²) in [6.45, 7) is 2.50. The monoisotopic (exact) mass is 281 g/mol. The van der Waals surface area contributed by atoms with Gasteiger partial charge in [-0.1, -0.05) is 19.3 Å². The normalized spacial score (nSPS) is 30.0. The SMILES string of the molecule is CC1CCC(C(N)=O)CN1C(=O)CC1(N)CCCCC1. The van der Waals surface area contributed by atoms with Crippen molar-refractivity contribution in [2.24, 2.45) is 17.4 Å². The molecule has 4 N–H and O–H groups in total. The van der Waals surface area contributed by atoms with Crippen molar-refractivity contribution in [1.82, 2.24) is 4.90 Å². The number of primary amides is 1. The van der Waals surface area contributed by atoms with Crippen LogP contribution in [0.5, 0.6) is 0 Å². The smallest absolute Gasteiger partial charge is 0.224 e. The van der Waals surface area contributed by atoms with Gasteiger partial charge in [0.15, 0.2) is 0 Å². The molecule has 1 aliphatic carbocycles. The third-order valence-corrected chi connectivity index (χ3v) is 4.96. The minimum Gasteiger partial charge on any atom is -0.369 e. The number of carbonyl (C=O) groups is 2. The van der Waals surface area contributed by atoms with Gasteiger partial charge < -0.3 is 16.4 Å². The lowest BCUT2D eigenvalue weighted by atomic mass is 9.79. The molecular formula is C15H27N3O2. The molecule has 1 heterocycles. The van der Waals surface area contributed by atoms with Gasteiger partial charge in [0.2, 0.25) is 11.8 Å². The van der Waals surface area contributed by atoms with Gasteiger partial charge in [-0.25, -0.2) is 0 Å². The van der Waals surface area contributed by atoms with Crippen LogP contribution in [-0.2, 0) is 9.59 Å². The first kappa shape index (κ1) is 15.3. The van der Waals surface area contributed by atoms with Crippen molar-refractivity contribution in [3.8, 4) is 0 Å². The number of rotatable bonds is 3. The Balaban J connectivity index is 1.97. The average molecular weight is 281 g/mol. The van der Waals surface area contributed by atoms with E-state index in [4.69, 9.17) is 11.5 Å². The molecule has 1 saturated carbocycles. The van der Waals surface area contributed by atoms with E-state index < -0.39 is 0 Å². The topological polar surface area (TPSA) is 89.4 Å². The van der Waals surface area contributed by atoms with E-state index in [0.29, 0.717) is 13.0 Å². The molecule has 1 aliphatic heterocycles. The third-order valence-electron chi connectivity index (χ3n) is 4.96. The van der Waals surface area contributed by atoms with Gasteiger partial charge in [-0.2, -0.15) is 0 Å². The summed E-state index contributed by atoms with van der Waals surface area (Å²) in [5.74, 6) is -0.405. The number of amides is 2. The van der Waals surface area contributed by atoms with Crippen molar-refractivity contribution < 1.29 is 9.59 Å². The van der Waals surface area contributed by atoms with Gasteiger partial charge >= 0.3 is 0 Å². The first-order valence-corrected chi connectivity index (χ1v) is 7.79. The Kier molecular flexibility index (Phi) is 4.68. The predicted molar refractivity (Wildman–Crippen MR) is 77.7 cm³/mol. The highest BCUT2D eigenvalue weighted by Crippen LogP contribution is 2.31. The molecule has 2 rings (SSSR count). The number of hydrogen-bond acceptors (Lipinski definition) is 3. The minimum atomic E-state index is -0.339.